The van der Waals surface area contributed by atoms with Gasteiger partial charge in [-0.05, 0) is 29.8 Å². The second kappa shape index (κ2) is 8.07. The molecule has 1 saturated heterocycles. The maximum absolute atomic E-state index is 13.7. The Hall–Kier alpha value is -2.47. The van der Waals surface area contributed by atoms with Crippen LogP contribution < -0.4 is 9.64 Å². The van der Waals surface area contributed by atoms with E-state index in [-0.39, 0.29) is 18.1 Å². The Morgan fingerprint density at radius 3 is 2.56 bits per heavy atom. The van der Waals surface area contributed by atoms with Crippen LogP contribution in [0.4, 0.5) is 4.39 Å². The minimum absolute atomic E-state index is 0.0486. The summed E-state index contributed by atoms with van der Waals surface area (Å²) in [6.07, 6.45) is 3.84. The van der Waals surface area contributed by atoms with Crippen molar-refractivity contribution in [3.8, 4) is 5.75 Å². The van der Waals surface area contributed by atoms with Gasteiger partial charge in [0.05, 0.1) is 39.7 Å². The van der Waals surface area contributed by atoms with Crippen molar-refractivity contribution in [3.63, 3.8) is 0 Å². The molecule has 1 fully saturated rings. The molecule has 2 heterocycles. The molecular formula is C19H23FN3O2+. The number of nitrogens with one attached hydrogen (secondary N) is 1. The van der Waals surface area contributed by atoms with Crippen molar-refractivity contribution in [3.05, 3.63) is 59.7 Å². The Morgan fingerprint density at radius 1 is 1.20 bits per heavy atom. The summed E-state index contributed by atoms with van der Waals surface area (Å²) >= 11 is 0. The number of hydrogen-bond donors (Lipinski definition) is 1. The highest BCUT2D eigenvalue weighted by Gasteiger charge is 2.24. The van der Waals surface area contributed by atoms with Crippen LogP contribution in [0.1, 0.15) is 11.1 Å². The molecule has 1 aromatic carbocycles. The van der Waals surface area contributed by atoms with Crippen LogP contribution in [0.3, 0.4) is 0 Å². The number of quaternary nitrogens is 1. The molecule has 2 aromatic rings. The van der Waals surface area contributed by atoms with Crippen LogP contribution in [0, 0.1) is 5.82 Å². The number of hydrogen-bond acceptors (Lipinski definition) is 3. The van der Waals surface area contributed by atoms with E-state index >= 15 is 0 Å². The summed E-state index contributed by atoms with van der Waals surface area (Å²) in [5.41, 5.74) is 1.94. The van der Waals surface area contributed by atoms with Crippen molar-refractivity contribution in [2.75, 3.05) is 33.3 Å². The van der Waals surface area contributed by atoms with Gasteiger partial charge in [-0.3, -0.25) is 9.78 Å². The van der Waals surface area contributed by atoms with E-state index in [1.54, 1.807) is 12.1 Å². The summed E-state index contributed by atoms with van der Waals surface area (Å²) in [4.78, 5) is 19.8. The zero-order chi connectivity index (χ0) is 17.6. The van der Waals surface area contributed by atoms with Crippen molar-refractivity contribution < 1.29 is 18.8 Å². The van der Waals surface area contributed by atoms with Gasteiger partial charge >= 0.3 is 0 Å². The topological polar surface area (TPSA) is 46.9 Å². The normalized spacial score (nSPS) is 15.2. The fraction of sp³-hybridized carbons (Fsp3) is 0.368. The fourth-order valence-corrected chi connectivity index (χ4v) is 3.14. The summed E-state index contributed by atoms with van der Waals surface area (Å²) in [6.45, 7) is 4.26. The highest BCUT2D eigenvalue weighted by molar-refractivity contribution is 5.78. The highest BCUT2D eigenvalue weighted by atomic mass is 19.1. The average molecular weight is 344 g/mol. The number of methoxy groups -OCH3 is 1. The largest absolute Gasteiger partial charge is 0.494 e. The molecule has 0 radical (unpaired) electrons. The predicted molar refractivity (Wildman–Crippen MR) is 91.9 cm³/mol. The second-order valence-corrected chi connectivity index (χ2v) is 6.31. The molecule has 1 aliphatic heterocycles. The predicted octanol–water partition coefficient (Wildman–Crippen LogP) is 0.699. The lowest BCUT2D eigenvalue weighted by atomic mass is 10.1. The number of aromatic nitrogens is 1. The summed E-state index contributed by atoms with van der Waals surface area (Å²) in [7, 11) is 1.43. The van der Waals surface area contributed by atoms with Gasteiger partial charge in [0.15, 0.2) is 11.6 Å². The zero-order valence-corrected chi connectivity index (χ0v) is 14.4. The average Bonchev–Trinajstić information content (AvgIpc) is 2.63. The maximum Gasteiger partial charge on any atom is 0.227 e. The number of piperazine rings is 1. The molecule has 0 bridgehead atoms. The molecule has 3 rings (SSSR count). The van der Waals surface area contributed by atoms with E-state index < -0.39 is 5.82 Å². The van der Waals surface area contributed by atoms with Gasteiger partial charge in [-0.2, -0.15) is 0 Å². The van der Waals surface area contributed by atoms with Crippen LogP contribution in [-0.2, 0) is 17.8 Å². The highest BCUT2D eigenvalue weighted by Crippen LogP contribution is 2.18. The molecule has 1 amide bonds. The summed E-state index contributed by atoms with van der Waals surface area (Å²) < 4.78 is 18.6. The van der Waals surface area contributed by atoms with E-state index in [0.29, 0.717) is 5.56 Å². The van der Waals surface area contributed by atoms with E-state index in [0.717, 1.165) is 32.7 Å². The van der Waals surface area contributed by atoms with Gasteiger partial charge in [-0.25, -0.2) is 4.39 Å². The third-order valence-electron chi connectivity index (χ3n) is 4.60. The van der Waals surface area contributed by atoms with Gasteiger partial charge in [0.2, 0.25) is 5.91 Å². The van der Waals surface area contributed by atoms with Gasteiger partial charge in [0.25, 0.3) is 0 Å². The Morgan fingerprint density at radius 2 is 1.92 bits per heavy atom. The number of ether oxygens (including phenoxy) is 1. The van der Waals surface area contributed by atoms with Crippen LogP contribution in [0.5, 0.6) is 5.75 Å². The van der Waals surface area contributed by atoms with Crippen molar-refractivity contribution in [2.24, 2.45) is 0 Å². The number of carbonyl (C=O) groups is 1. The Labute approximate surface area is 147 Å². The number of carbonyl (C=O) groups excluding carboxylic acids is 1. The molecule has 0 saturated carbocycles. The molecule has 6 heteroatoms. The Kier molecular flexibility index (Phi) is 5.60. The van der Waals surface area contributed by atoms with E-state index in [1.807, 2.05) is 29.4 Å². The van der Waals surface area contributed by atoms with Gasteiger partial charge in [0, 0.05) is 18.0 Å². The third kappa shape index (κ3) is 4.54. The molecule has 0 atom stereocenters. The molecule has 5 nitrogen and oxygen atoms in total. The summed E-state index contributed by atoms with van der Waals surface area (Å²) in [5, 5.41) is 0. The van der Waals surface area contributed by atoms with Crippen LogP contribution in [0.25, 0.3) is 0 Å². The smallest absolute Gasteiger partial charge is 0.227 e. The number of amides is 1. The number of halogens is 1. The first-order chi connectivity index (χ1) is 12.2. The minimum atomic E-state index is -0.431. The molecule has 0 aliphatic carbocycles. The molecule has 1 aliphatic rings. The number of rotatable bonds is 5. The van der Waals surface area contributed by atoms with E-state index in [2.05, 4.69) is 4.98 Å². The molecule has 0 spiro atoms. The minimum Gasteiger partial charge on any atom is -0.494 e. The lowest BCUT2D eigenvalue weighted by molar-refractivity contribution is -0.917. The van der Waals surface area contributed by atoms with Crippen molar-refractivity contribution in [1.82, 2.24) is 9.88 Å². The Balaban J connectivity index is 1.50. The van der Waals surface area contributed by atoms with E-state index in [9.17, 15) is 9.18 Å². The molecule has 132 valence electrons. The summed E-state index contributed by atoms with van der Waals surface area (Å²) in [6, 6.07) is 8.74. The first-order valence-corrected chi connectivity index (χ1v) is 8.48. The van der Waals surface area contributed by atoms with Crippen molar-refractivity contribution in [1.29, 1.82) is 0 Å². The molecule has 25 heavy (non-hydrogen) atoms. The monoisotopic (exact) mass is 344 g/mol. The van der Waals surface area contributed by atoms with Crippen molar-refractivity contribution >= 4 is 5.91 Å². The molecular weight excluding hydrogens is 321 g/mol. The Bertz CT molecular complexity index is 716. The molecule has 0 unspecified atom stereocenters. The lowest BCUT2D eigenvalue weighted by Crippen LogP contribution is -3.13. The number of benzene rings is 1. The molecule has 1 aromatic heterocycles. The fourth-order valence-electron chi connectivity index (χ4n) is 3.14. The lowest BCUT2D eigenvalue weighted by Gasteiger charge is -2.32. The second-order valence-electron chi connectivity index (χ2n) is 6.31. The molecule has 1 N–H and O–H groups in total. The first-order valence-electron chi connectivity index (χ1n) is 8.48. The quantitative estimate of drug-likeness (QED) is 0.869. The van der Waals surface area contributed by atoms with Gasteiger partial charge < -0.3 is 14.5 Å². The van der Waals surface area contributed by atoms with Crippen LogP contribution in [-0.4, -0.2) is 49.1 Å². The SMILES string of the molecule is COc1ccc(CC(=O)N2CC[NH+](Cc3ccncc3)CC2)cc1F. The maximum atomic E-state index is 13.7. The van der Waals surface area contributed by atoms with Crippen LogP contribution in [0.15, 0.2) is 42.7 Å². The first kappa shape index (κ1) is 17.4. The van der Waals surface area contributed by atoms with E-state index in [1.165, 1.54) is 23.6 Å². The van der Waals surface area contributed by atoms with Gasteiger partial charge in [0.1, 0.15) is 6.54 Å². The zero-order valence-electron chi connectivity index (χ0n) is 14.4. The number of nitrogens with zero attached hydrogens (tertiary/aromatic N) is 2. The van der Waals surface area contributed by atoms with Crippen LogP contribution >= 0.6 is 0 Å². The van der Waals surface area contributed by atoms with Crippen molar-refractivity contribution in [2.45, 2.75) is 13.0 Å². The standard InChI is InChI=1S/C19H22FN3O2/c1-25-18-3-2-16(12-17(18)20)13-19(24)23-10-8-22(9-11-23)14-15-4-6-21-7-5-15/h2-7,12H,8-11,13-14H2,1H3/p+1. The third-order valence-corrected chi connectivity index (χ3v) is 4.60. The van der Waals surface area contributed by atoms with Crippen LogP contribution in [0.2, 0.25) is 0 Å². The summed E-state index contributed by atoms with van der Waals surface area (Å²) in [5.74, 6) is -0.184. The van der Waals surface area contributed by atoms with Gasteiger partial charge in [-0.15, -0.1) is 0 Å². The number of pyridine rings is 1. The van der Waals surface area contributed by atoms with E-state index in [4.69, 9.17) is 4.74 Å². The van der Waals surface area contributed by atoms with Gasteiger partial charge in [-0.1, -0.05) is 6.07 Å².